The van der Waals surface area contributed by atoms with Gasteiger partial charge in [-0.25, -0.2) is 0 Å². The molecule has 5 nitrogen and oxygen atoms in total. The van der Waals surface area contributed by atoms with Crippen LogP contribution in [0.25, 0.3) is 22.0 Å². The molecule has 0 aliphatic carbocycles. The first-order valence-electron chi connectivity index (χ1n) is 8.06. The number of aromatic nitrogens is 3. The summed E-state index contributed by atoms with van der Waals surface area (Å²) in [7, 11) is 0. The quantitative estimate of drug-likeness (QED) is 0.604. The summed E-state index contributed by atoms with van der Waals surface area (Å²) in [5.41, 5.74) is 4.63. The lowest BCUT2D eigenvalue weighted by Crippen LogP contribution is -2.19. The molecule has 0 aliphatic rings. The molecule has 2 heterocycles. The molecule has 0 spiro atoms. The van der Waals surface area contributed by atoms with E-state index in [1.807, 2.05) is 54.7 Å². The Morgan fingerprint density at radius 2 is 1.80 bits per heavy atom. The van der Waals surface area contributed by atoms with E-state index in [0.29, 0.717) is 6.54 Å². The normalized spacial score (nSPS) is 11.1. The summed E-state index contributed by atoms with van der Waals surface area (Å²) >= 11 is 0. The van der Waals surface area contributed by atoms with E-state index in [-0.39, 0.29) is 12.2 Å². The summed E-state index contributed by atoms with van der Waals surface area (Å²) in [5, 5.41) is 17.5. The van der Waals surface area contributed by atoms with E-state index in [9.17, 15) is 9.90 Å². The Hall–Kier alpha value is -3.18. The molecule has 4 rings (SSSR count). The van der Waals surface area contributed by atoms with Crippen molar-refractivity contribution in [2.75, 3.05) is 0 Å². The second kappa shape index (κ2) is 6.37. The molecule has 4 aromatic rings. The van der Waals surface area contributed by atoms with Crippen LogP contribution >= 0.6 is 0 Å². The van der Waals surface area contributed by atoms with Crippen molar-refractivity contribution in [3.05, 3.63) is 88.5 Å². The summed E-state index contributed by atoms with van der Waals surface area (Å²) in [6.07, 6.45) is 3.64. The van der Waals surface area contributed by atoms with E-state index in [1.165, 1.54) is 0 Å². The zero-order chi connectivity index (χ0) is 17.2. The molecule has 0 bridgehead atoms. The molecule has 2 aromatic carbocycles. The predicted molar refractivity (Wildman–Crippen MR) is 97.3 cm³/mol. The highest BCUT2D eigenvalue weighted by molar-refractivity contribution is 5.83. The lowest BCUT2D eigenvalue weighted by Gasteiger charge is -2.11. The first-order valence-corrected chi connectivity index (χ1v) is 8.06. The zero-order valence-electron chi connectivity index (χ0n) is 13.5. The van der Waals surface area contributed by atoms with Gasteiger partial charge < -0.3 is 9.67 Å². The van der Waals surface area contributed by atoms with Crippen molar-refractivity contribution in [3.63, 3.8) is 0 Å². The Bertz CT molecular complexity index is 1100. The maximum absolute atomic E-state index is 12.3. The highest BCUT2D eigenvalue weighted by Gasteiger charge is 2.06. The molecule has 25 heavy (non-hydrogen) atoms. The van der Waals surface area contributed by atoms with Gasteiger partial charge in [0.2, 0.25) is 0 Å². The SMILES string of the molecule is O=c1ccc(-c2ccc3cn[nH]c3c2)cn1Cc1ccccc1CO. The summed E-state index contributed by atoms with van der Waals surface area (Å²) in [6, 6.07) is 17.0. The minimum absolute atomic E-state index is 0.0406. The third-order valence-corrected chi connectivity index (χ3v) is 4.39. The molecule has 0 amide bonds. The van der Waals surface area contributed by atoms with Crippen LogP contribution in [0.3, 0.4) is 0 Å². The molecular weight excluding hydrogens is 314 g/mol. The molecule has 0 saturated carbocycles. The van der Waals surface area contributed by atoms with Crippen LogP contribution in [0.4, 0.5) is 0 Å². The van der Waals surface area contributed by atoms with Gasteiger partial charge in [0.05, 0.1) is 24.9 Å². The van der Waals surface area contributed by atoms with Crippen molar-refractivity contribution >= 4 is 10.9 Å². The Kier molecular flexibility index (Phi) is 3.91. The molecule has 2 aromatic heterocycles. The van der Waals surface area contributed by atoms with Crippen LogP contribution in [0, 0.1) is 0 Å². The van der Waals surface area contributed by atoms with Gasteiger partial charge in [0.25, 0.3) is 5.56 Å². The van der Waals surface area contributed by atoms with Gasteiger partial charge in [-0.05, 0) is 34.4 Å². The van der Waals surface area contributed by atoms with Crippen LogP contribution in [-0.2, 0) is 13.2 Å². The fourth-order valence-electron chi connectivity index (χ4n) is 2.99. The lowest BCUT2D eigenvalue weighted by atomic mass is 10.1. The number of benzene rings is 2. The van der Waals surface area contributed by atoms with E-state index < -0.39 is 0 Å². The molecule has 5 heteroatoms. The number of fused-ring (bicyclic) bond motifs is 1. The van der Waals surface area contributed by atoms with Gasteiger partial charge in [-0.1, -0.05) is 36.4 Å². The number of rotatable bonds is 4. The fourth-order valence-corrected chi connectivity index (χ4v) is 2.99. The average Bonchev–Trinajstić information content (AvgIpc) is 3.11. The van der Waals surface area contributed by atoms with Crippen LogP contribution < -0.4 is 5.56 Å². The molecule has 2 N–H and O–H groups in total. The third-order valence-electron chi connectivity index (χ3n) is 4.39. The molecule has 0 atom stereocenters. The number of aliphatic hydroxyl groups excluding tert-OH is 1. The van der Waals surface area contributed by atoms with E-state index in [2.05, 4.69) is 10.2 Å². The predicted octanol–water partition coefficient (Wildman–Crippen LogP) is 2.93. The van der Waals surface area contributed by atoms with Gasteiger partial charge >= 0.3 is 0 Å². The number of pyridine rings is 1. The van der Waals surface area contributed by atoms with Gasteiger partial charge in [0, 0.05) is 17.6 Å². The second-order valence-electron chi connectivity index (χ2n) is 5.98. The average molecular weight is 331 g/mol. The first-order chi connectivity index (χ1) is 12.2. The smallest absolute Gasteiger partial charge is 0.250 e. The number of aromatic amines is 1. The van der Waals surface area contributed by atoms with E-state index in [1.54, 1.807) is 16.8 Å². The molecule has 0 radical (unpaired) electrons. The lowest BCUT2D eigenvalue weighted by molar-refractivity contribution is 0.280. The highest BCUT2D eigenvalue weighted by atomic mass is 16.3. The van der Waals surface area contributed by atoms with Crippen LogP contribution in [0.5, 0.6) is 0 Å². The van der Waals surface area contributed by atoms with Crippen molar-refractivity contribution in [2.24, 2.45) is 0 Å². The van der Waals surface area contributed by atoms with Gasteiger partial charge in [-0.2, -0.15) is 5.10 Å². The van der Waals surface area contributed by atoms with Crippen molar-refractivity contribution in [1.29, 1.82) is 0 Å². The third kappa shape index (κ3) is 2.97. The van der Waals surface area contributed by atoms with Crippen molar-refractivity contribution < 1.29 is 5.11 Å². The van der Waals surface area contributed by atoms with Crippen LogP contribution in [0.2, 0.25) is 0 Å². The highest BCUT2D eigenvalue weighted by Crippen LogP contribution is 2.22. The van der Waals surface area contributed by atoms with Crippen molar-refractivity contribution in [3.8, 4) is 11.1 Å². The van der Waals surface area contributed by atoms with Gasteiger partial charge in [-0.15, -0.1) is 0 Å². The molecule has 0 saturated heterocycles. The van der Waals surface area contributed by atoms with Crippen molar-refractivity contribution in [1.82, 2.24) is 14.8 Å². The van der Waals surface area contributed by atoms with E-state index in [4.69, 9.17) is 0 Å². The largest absolute Gasteiger partial charge is 0.392 e. The van der Waals surface area contributed by atoms with E-state index >= 15 is 0 Å². The zero-order valence-corrected chi connectivity index (χ0v) is 13.5. The van der Waals surface area contributed by atoms with Gasteiger partial charge in [0.15, 0.2) is 0 Å². The van der Waals surface area contributed by atoms with Crippen LogP contribution in [0.1, 0.15) is 11.1 Å². The molecule has 0 aliphatic heterocycles. The fraction of sp³-hybridized carbons (Fsp3) is 0.100. The molecule has 0 fully saturated rings. The number of aliphatic hydroxyl groups is 1. The Morgan fingerprint density at radius 3 is 2.64 bits per heavy atom. The number of hydrogen-bond donors (Lipinski definition) is 2. The van der Waals surface area contributed by atoms with E-state index in [0.717, 1.165) is 33.2 Å². The molecule has 0 unspecified atom stereocenters. The minimum atomic E-state index is -0.0703. The number of nitrogens with zero attached hydrogens (tertiary/aromatic N) is 2. The maximum atomic E-state index is 12.3. The number of nitrogens with one attached hydrogen (secondary N) is 1. The van der Waals surface area contributed by atoms with Gasteiger partial charge in [0.1, 0.15) is 0 Å². The summed E-state index contributed by atoms with van der Waals surface area (Å²) < 4.78 is 1.67. The second-order valence-corrected chi connectivity index (χ2v) is 5.98. The first kappa shape index (κ1) is 15.4. The summed E-state index contributed by atoms with van der Waals surface area (Å²) in [4.78, 5) is 12.3. The van der Waals surface area contributed by atoms with Crippen LogP contribution in [0.15, 0.2) is 71.8 Å². The Labute approximate surface area is 144 Å². The Morgan fingerprint density at radius 1 is 1.00 bits per heavy atom. The maximum Gasteiger partial charge on any atom is 0.250 e. The monoisotopic (exact) mass is 331 g/mol. The summed E-state index contributed by atoms with van der Waals surface area (Å²) in [6.45, 7) is 0.386. The molecular formula is C20H17N3O2. The number of hydrogen-bond acceptors (Lipinski definition) is 3. The Balaban J connectivity index is 1.74. The van der Waals surface area contributed by atoms with Gasteiger partial charge in [-0.3, -0.25) is 9.89 Å². The minimum Gasteiger partial charge on any atom is -0.392 e. The molecule has 124 valence electrons. The summed E-state index contributed by atoms with van der Waals surface area (Å²) in [5.74, 6) is 0. The standard InChI is InChI=1S/C20H17N3O2/c24-13-18-4-2-1-3-16(18)11-23-12-17(7-8-20(23)25)14-5-6-15-10-21-22-19(15)9-14/h1-10,12,24H,11,13H2,(H,21,22). The number of H-pyrrole nitrogens is 1. The van der Waals surface area contributed by atoms with Crippen LogP contribution in [-0.4, -0.2) is 19.9 Å². The van der Waals surface area contributed by atoms with Crippen molar-refractivity contribution in [2.45, 2.75) is 13.2 Å². The topological polar surface area (TPSA) is 70.9 Å².